The van der Waals surface area contributed by atoms with Crippen LogP contribution in [0.5, 0.6) is 5.75 Å². The van der Waals surface area contributed by atoms with Crippen molar-refractivity contribution in [1.29, 1.82) is 0 Å². The largest absolute Gasteiger partial charge is 0.494 e. The third-order valence-electron chi connectivity index (χ3n) is 3.04. The van der Waals surface area contributed by atoms with E-state index in [0.29, 0.717) is 24.7 Å². The van der Waals surface area contributed by atoms with Crippen LogP contribution in [0.15, 0.2) is 29.1 Å². The molecule has 2 N–H and O–H groups in total. The summed E-state index contributed by atoms with van der Waals surface area (Å²) in [5.74, 6) is 1.42. The molecule has 0 saturated carbocycles. The lowest BCUT2D eigenvalue weighted by atomic mass is 10.1. The molecule has 106 valence electrons. The van der Waals surface area contributed by atoms with Crippen LogP contribution in [0.3, 0.4) is 0 Å². The highest BCUT2D eigenvalue weighted by Gasteiger charge is 2.09. The topological polar surface area (TPSA) is 70.1 Å². The molecule has 0 spiro atoms. The van der Waals surface area contributed by atoms with Crippen LogP contribution in [-0.2, 0) is 6.54 Å². The molecular weight excluding hydrogens is 254 g/mol. The lowest BCUT2D eigenvalue weighted by Gasteiger charge is -2.14. The van der Waals surface area contributed by atoms with Gasteiger partial charge in [0.1, 0.15) is 11.6 Å². The smallest absolute Gasteiger partial charge is 0.254 e. The van der Waals surface area contributed by atoms with E-state index in [2.05, 4.69) is 4.98 Å². The first kappa shape index (κ1) is 14.1. The molecule has 1 aromatic heterocycles. The summed E-state index contributed by atoms with van der Waals surface area (Å²) in [6, 6.07) is 6.98. The second kappa shape index (κ2) is 5.77. The quantitative estimate of drug-likeness (QED) is 0.864. The van der Waals surface area contributed by atoms with Gasteiger partial charge < -0.3 is 10.5 Å². The van der Waals surface area contributed by atoms with Crippen LogP contribution in [0.1, 0.15) is 24.0 Å². The second-order valence-corrected chi connectivity index (χ2v) is 4.67. The summed E-state index contributed by atoms with van der Waals surface area (Å²) in [5, 5.41) is 0. The number of hydrogen-bond donors (Lipinski definition) is 1. The zero-order valence-electron chi connectivity index (χ0n) is 12.0. The average molecular weight is 273 g/mol. The van der Waals surface area contributed by atoms with Crippen molar-refractivity contribution in [3.63, 3.8) is 0 Å². The highest BCUT2D eigenvalue weighted by molar-refractivity contribution is 5.48. The molecule has 2 aromatic rings. The van der Waals surface area contributed by atoms with Gasteiger partial charge in [0, 0.05) is 23.0 Å². The van der Waals surface area contributed by atoms with Crippen LogP contribution in [0, 0.1) is 13.8 Å². The van der Waals surface area contributed by atoms with Crippen molar-refractivity contribution < 1.29 is 4.74 Å². The first-order valence-electron chi connectivity index (χ1n) is 6.57. The van der Waals surface area contributed by atoms with Crippen molar-refractivity contribution in [2.24, 2.45) is 0 Å². The van der Waals surface area contributed by atoms with Crippen LogP contribution >= 0.6 is 0 Å². The van der Waals surface area contributed by atoms with E-state index in [1.807, 2.05) is 32.9 Å². The van der Waals surface area contributed by atoms with Gasteiger partial charge in [0.05, 0.1) is 13.2 Å². The van der Waals surface area contributed by atoms with Gasteiger partial charge in [-0.05, 0) is 39.0 Å². The highest BCUT2D eigenvalue weighted by atomic mass is 16.5. The molecule has 0 aliphatic rings. The predicted molar refractivity (Wildman–Crippen MR) is 79.1 cm³/mol. The highest BCUT2D eigenvalue weighted by Crippen LogP contribution is 2.22. The van der Waals surface area contributed by atoms with Gasteiger partial charge in [-0.2, -0.15) is 0 Å². The fourth-order valence-electron chi connectivity index (χ4n) is 2.15. The van der Waals surface area contributed by atoms with E-state index < -0.39 is 0 Å². The molecular formula is C15H19N3O2. The van der Waals surface area contributed by atoms with Gasteiger partial charge >= 0.3 is 0 Å². The summed E-state index contributed by atoms with van der Waals surface area (Å²) >= 11 is 0. The lowest BCUT2D eigenvalue weighted by Crippen LogP contribution is -2.24. The number of anilines is 1. The van der Waals surface area contributed by atoms with Crippen LogP contribution < -0.4 is 16.0 Å². The number of nitrogens with zero attached hydrogens (tertiary/aromatic N) is 2. The van der Waals surface area contributed by atoms with Gasteiger partial charge in [-0.3, -0.25) is 9.36 Å². The summed E-state index contributed by atoms with van der Waals surface area (Å²) in [4.78, 5) is 16.4. The number of ether oxygens (including phenoxy) is 1. The maximum Gasteiger partial charge on any atom is 0.254 e. The van der Waals surface area contributed by atoms with E-state index in [4.69, 9.17) is 10.5 Å². The summed E-state index contributed by atoms with van der Waals surface area (Å²) in [7, 11) is 0. The maximum absolute atomic E-state index is 12.1. The fourth-order valence-corrected chi connectivity index (χ4v) is 2.15. The van der Waals surface area contributed by atoms with E-state index in [-0.39, 0.29) is 5.56 Å². The minimum Gasteiger partial charge on any atom is -0.494 e. The number of aryl methyl sites for hydroxylation is 2. The van der Waals surface area contributed by atoms with E-state index in [1.165, 1.54) is 6.07 Å². The number of benzene rings is 1. The SMILES string of the molecule is CCOc1ccc(N)cc1Cn1c(C)nc(C)cc1=O. The van der Waals surface area contributed by atoms with Gasteiger partial charge in [-0.15, -0.1) is 0 Å². The summed E-state index contributed by atoms with van der Waals surface area (Å²) in [5.41, 5.74) is 8.00. The average Bonchev–Trinajstić information content (AvgIpc) is 2.37. The second-order valence-electron chi connectivity index (χ2n) is 4.67. The van der Waals surface area contributed by atoms with Crippen molar-refractivity contribution in [1.82, 2.24) is 9.55 Å². The molecule has 0 saturated heterocycles. The Morgan fingerprint density at radius 2 is 2.05 bits per heavy atom. The van der Waals surface area contributed by atoms with E-state index in [9.17, 15) is 4.79 Å². The van der Waals surface area contributed by atoms with Crippen molar-refractivity contribution in [2.75, 3.05) is 12.3 Å². The van der Waals surface area contributed by atoms with Gasteiger partial charge in [0.2, 0.25) is 0 Å². The summed E-state index contributed by atoms with van der Waals surface area (Å²) in [6.45, 7) is 6.52. The molecule has 5 heteroatoms. The van der Waals surface area contributed by atoms with Gasteiger partial charge in [0.25, 0.3) is 5.56 Å². The van der Waals surface area contributed by atoms with Crippen molar-refractivity contribution in [3.8, 4) is 5.75 Å². The molecule has 0 bridgehead atoms. The molecule has 2 rings (SSSR count). The number of aromatic nitrogens is 2. The van der Waals surface area contributed by atoms with Crippen molar-refractivity contribution in [3.05, 3.63) is 51.7 Å². The Labute approximate surface area is 118 Å². The molecule has 0 fully saturated rings. The van der Waals surface area contributed by atoms with Gasteiger partial charge in [-0.1, -0.05) is 0 Å². The number of nitrogens with two attached hydrogens (primary N) is 1. The third kappa shape index (κ3) is 2.99. The number of nitrogen functional groups attached to an aromatic ring is 1. The van der Waals surface area contributed by atoms with Crippen molar-refractivity contribution >= 4 is 5.69 Å². The van der Waals surface area contributed by atoms with Crippen LogP contribution in [0.25, 0.3) is 0 Å². The zero-order chi connectivity index (χ0) is 14.7. The molecule has 0 unspecified atom stereocenters. The third-order valence-corrected chi connectivity index (χ3v) is 3.04. The molecule has 0 radical (unpaired) electrons. The molecule has 0 aliphatic heterocycles. The fraction of sp³-hybridized carbons (Fsp3) is 0.333. The van der Waals surface area contributed by atoms with E-state index >= 15 is 0 Å². The monoisotopic (exact) mass is 273 g/mol. The Kier molecular flexibility index (Phi) is 4.08. The summed E-state index contributed by atoms with van der Waals surface area (Å²) < 4.78 is 7.19. The Bertz CT molecular complexity index is 677. The zero-order valence-corrected chi connectivity index (χ0v) is 12.0. The summed E-state index contributed by atoms with van der Waals surface area (Å²) in [6.07, 6.45) is 0. The predicted octanol–water partition coefficient (Wildman–Crippen LogP) is 1.89. The van der Waals surface area contributed by atoms with Gasteiger partial charge in [0.15, 0.2) is 0 Å². The molecule has 0 aliphatic carbocycles. The van der Waals surface area contributed by atoms with Crippen molar-refractivity contribution in [2.45, 2.75) is 27.3 Å². The van der Waals surface area contributed by atoms with Gasteiger partial charge in [-0.25, -0.2) is 4.98 Å². The van der Waals surface area contributed by atoms with Crippen LogP contribution in [0.2, 0.25) is 0 Å². The molecule has 20 heavy (non-hydrogen) atoms. The molecule has 0 amide bonds. The van der Waals surface area contributed by atoms with Crippen LogP contribution in [-0.4, -0.2) is 16.2 Å². The first-order chi connectivity index (χ1) is 9.51. The Hall–Kier alpha value is -2.30. The number of rotatable bonds is 4. The lowest BCUT2D eigenvalue weighted by molar-refractivity contribution is 0.335. The Morgan fingerprint density at radius 1 is 1.30 bits per heavy atom. The Morgan fingerprint density at radius 3 is 2.70 bits per heavy atom. The maximum atomic E-state index is 12.1. The minimum atomic E-state index is -0.0696. The number of hydrogen-bond acceptors (Lipinski definition) is 4. The Balaban J connectivity index is 2.44. The van der Waals surface area contributed by atoms with E-state index in [1.54, 1.807) is 10.6 Å². The minimum absolute atomic E-state index is 0.0696. The van der Waals surface area contributed by atoms with Crippen LogP contribution in [0.4, 0.5) is 5.69 Å². The van der Waals surface area contributed by atoms with E-state index in [0.717, 1.165) is 17.0 Å². The molecule has 5 nitrogen and oxygen atoms in total. The molecule has 0 atom stereocenters. The standard InChI is InChI=1S/C15H19N3O2/c1-4-20-14-6-5-13(16)8-12(14)9-18-11(3)17-10(2)7-15(18)19/h5-8H,4,9,16H2,1-3H3. The molecule has 1 heterocycles. The normalized spacial score (nSPS) is 10.6. The first-order valence-corrected chi connectivity index (χ1v) is 6.57. The molecule has 1 aromatic carbocycles.